The van der Waals surface area contributed by atoms with Gasteiger partial charge in [0.05, 0.1) is 6.04 Å². The van der Waals surface area contributed by atoms with Crippen LogP contribution in [0.25, 0.3) is 0 Å². The molecule has 19 heavy (non-hydrogen) atoms. The minimum Gasteiger partial charge on any atom is -0.306 e. The van der Waals surface area contributed by atoms with Crippen LogP contribution >= 0.6 is 0 Å². The van der Waals surface area contributed by atoms with Crippen molar-refractivity contribution >= 4 is 0 Å². The van der Waals surface area contributed by atoms with Crippen LogP contribution in [-0.2, 0) is 0 Å². The molecule has 3 aliphatic rings. The zero-order valence-electron chi connectivity index (χ0n) is 11.1. The van der Waals surface area contributed by atoms with Gasteiger partial charge in [-0.3, -0.25) is 0 Å². The van der Waals surface area contributed by atoms with Gasteiger partial charge in [0.15, 0.2) is 0 Å². The molecule has 1 aromatic carbocycles. The number of hydrogen-bond donors (Lipinski definition) is 1. The van der Waals surface area contributed by atoms with Crippen molar-refractivity contribution in [1.29, 1.82) is 0 Å². The predicted molar refractivity (Wildman–Crippen MR) is 78.8 cm³/mol. The second-order valence-corrected chi connectivity index (χ2v) is 5.72. The molecule has 0 unspecified atom stereocenters. The summed E-state index contributed by atoms with van der Waals surface area (Å²) in [5.74, 6) is 0.770. The third kappa shape index (κ3) is 1.81. The molecular weight excluding hydrogens is 230 g/mol. The maximum Gasteiger partial charge on any atom is 0.0579 e. The molecule has 0 radical (unpaired) electrons. The van der Waals surface area contributed by atoms with E-state index in [9.17, 15) is 0 Å². The molecule has 1 aromatic rings. The monoisotopic (exact) mass is 249 g/mol. The molecule has 1 N–H and O–H groups in total. The van der Waals surface area contributed by atoms with Gasteiger partial charge in [-0.2, -0.15) is 0 Å². The first kappa shape index (κ1) is 11.2. The van der Waals surface area contributed by atoms with E-state index < -0.39 is 0 Å². The Bertz CT molecular complexity index is 577. The molecular formula is C18H19N. The van der Waals surface area contributed by atoms with E-state index in [0.29, 0.717) is 6.04 Å². The van der Waals surface area contributed by atoms with Crippen LogP contribution in [0.5, 0.6) is 0 Å². The fourth-order valence-electron chi connectivity index (χ4n) is 3.75. The van der Waals surface area contributed by atoms with Crippen molar-refractivity contribution in [1.82, 2.24) is 5.32 Å². The molecule has 0 aromatic heterocycles. The maximum atomic E-state index is 3.75. The van der Waals surface area contributed by atoms with Crippen molar-refractivity contribution in [3.63, 3.8) is 0 Å². The highest BCUT2D eigenvalue weighted by molar-refractivity contribution is 5.59. The van der Waals surface area contributed by atoms with Gasteiger partial charge in [-0.25, -0.2) is 0 Å². The maximum absolute atomic E-state index is 3.75. The average Bonchev–Trinajstić information content (AvgIpc) is 2.79. The molecule has 1 heteroatoms. The molecule has 0 spiro atoms. The van der Waals surface area contributed by atoms with Crippen LogP contribution < -0.4 is 5.32 Å². The minimum absolute atomic E-state index is 0.376. The summed E-state index contributed by atoms with van der Waals surface area (Å²) in [4.78, 5) is 0. The van der Waals surface area contributed by atoms with Crippen molar-refractivity contribution < 1.29 is 0 Å². The molecule has 0 amide bonds. The molecule has 96 valence electrons. The Morgan fingerprint density at radius 1 is 1.00 bits per heavy atom. The normalized spacial score (nSPS) is 28.9. The molecule has 4 rings (SSSR count). The Kier molecular flexibility index (Phi) is 2.66. The fraction of sp³-hybridized carbons (Fsp3) is 0.333. The van der Waals surface area contributed by atoms with Crippen LogP contribution in [0.3, 0.4) is 0 Å². The smallest absolute Gasteiger partial charge is 0.0579 e. The van der Waals surface area contributed by atoms with Gasteiger partial charge in [0.2, 0.25) is 0 Å². The minimum atomic E-state index is 0.376. The first-order valence-corrected chi connectivity index (χ1v) is 7.34. The first-order valence-electron chi connectivity index (χ1n) is 7.34. The summed E-state index contributed by atoms with van der Waals surface area (Å²) in [6.07, 6.45) is 10.9. The summed E-state index contributed by atoms with van der Waals surface area (Å²) < 4.78 is 0. The zero-order valence-corrected chi connectivity index (χ0v) is 11.1. The number of allylic oxidation sites excluding steroid dienone is 4. The zero-order chi connectivity index (χ0) is 12.7. The van der Waals surface area contributed by atoms with Gasteiger partial charge in [0.1, 0.15) is 0 Å². The van der Waals surface area contributed by atoms with Crippen LogP contribution in [0, 0.1) is 5.92 Å². The van der Waals surface area contributed by atoms with E-state index in [-0.39, 0.29) is 0 Å². The van der Waals surface area contributed by atoms with Crippen LogP contribution in [-0.4, -0.2) is 6.54 Å². The summed E-state index contributed by atoms with van der Waals surface area (Å²) in [5.41, 5.74) is 6.03. The molecule has 1 nitrogen and oxygen atoms in total. The van der Waals surface area contributed by atoms with Crippen LogP contribution in [0.1, 0.15) is 30.9 Å². The van der Waals surface area contributed by atoms with Gasteiger partial charge in [-0.05, 0) is 54.0 Å². The molecule has 1 aliphatic heterocycles. The van der Waals surface area contributed by atoms with Crippen molar-refractivity contribution in [2.75, 3.05) is 6.54 Å². The van der Waals surface area contributed by atoms with E-state index in [1.807, 2.05) is 0 Å². The summed E-state index contributed by atoms with van der Waals surface area (Å²) >= 11 is 0. The van der Waals surface area contributed by atoms with E-state index in [4.69, 9.17) is 0 Å². The summed E-state index contributed by atoms with van der Waals surface area (Å²) in [6.45, 7) is 1.12. The lowest BCUT2D eigenvalue weighted by Gasteiger charge is -2.23. The second-order valence-electron chi connectivity index (χ2n) is 5.72. The number of hydrogen-bond acceptors (Lipinski definition) is 1. The van der Waals surface area contributed by atoms with E-state index in [0.717, 1.165) is 12.5 Å². The van der Waals surface area contributed by atoms with Crippen molar-refractivity contribution in [2.24, 2.45) is 5.92 Å². The number of nitrogens with one attached hydrogen (secondary N) is 1. The molecule has 0 bridgehead atoms. The van der Waals surface area contributed by atoms with E-state index in [1.165, 1.54) is 36.0 Å². The lowest BCUT2D eigenvalue weighted by Crippen LogP contribution is -2.22. The Balaban J connectivity index is 1.83. The highest BCUT2D eigenvalue weighted by Crippen LogP contribution is 2.44. The number of benzene rings is 1. The van der Waals surface area contributed by atoms with Crippen LogP contribution in [0.15, 0.2) is 65.3 Å². The standard InChI is InChI=1S/C18H19N/c1-2-5-15(6-3-1)18-16-10-9-13-7-4-8-14(17(13)16)11-12-19-18/h1-3,5-7,9-10,14,18-19H,4,8,11-12H2/t14-,18+/m0/s1. The van der Waals surface area contributed by atoms with Gasteiger partial charge in [0.25, 0.3) is 0 Å². The Labute approximate surface area is 114 Å². The lowest BCUT2D eigenvalue weighted by molar-refractivity contribution is 0.500. The fourth-order valence-corrected chi connectivity index (χ4v) is 3.75. The average molecular weight is 249 g/mol. The van der Waals surface area contributed by atoms with Gasteiger partial charge in [-0.1, -0.05) is 48.6 Å². The van der Waals surface area contributed by atoms with Crippen molar-refractivity contribution in [3.8, 4) is 0 Å². The van der Waals surface area contributed by atoms with E-state index in [1.54, 1.807) is 5.57 Å². The lowest BCUT2D eigenvalue weighted by atomic mass is 9.81. The summed E-state index contributed by atoms with van der Waals surface area (Å²) in [6, 6.07) is 11.2. The molecule has 0 fully saturated rings. The second kappa shape index (κ2) is 4.50. The van der Waals surface area contributed by atoms with Crippen LogP contribution in [0.4, 0.5) is 0 Å². The van der Waals surface area contributed by atoms with Crippen LogP contribution in [0.2, 0.25) is 0 Å². The SMILES string of the molecule is C1=CC2=C3C1=CCC[C@H]3CCN[C@@H]2c1ccccc1. The molecule has 0 saturated carbocycles. The van der Waals surface area contributed by atoms with Gasteiger partial charge in [-0.15, -0.1) is 0 Å². The highest BCUT2D eigenvalue weighted by atomic mass is 14.9. The largest absolute Gasteiger partial charge is 0.306 e. The Hall–Kier alpha value is -1.60. The molecule has 2 aliphatic carbocycles. The van der Waals surface area contributed by atoms with E-state index >= 15 is 0 Å². The van der Waals surface area contributed by atoms with Crippen molar-refractivity contribution in [3.05, 3.63) is 70.8 Å². The Morgan fingerprint density at radius 3 is 2.79 bits per heavy atom. The first-order chi connectivity index (χ1) is 9.43. The third-order valence-electron chi connectivity index (χ3n) is 4.64. The van der Waals surface area contributed by atoms with Gasteiger partial charge in [0, 0.05) is 0 Å². The van der Waals surface area contributed by atoms with E-state index in [2.05, 4.69) is 53.9 Å². The molecule has 1 heterocycles. The highest BCUT2D eigenvalue weighted by Gasteiger charge is 2.32. The summed E-state index contributed by atoms with van der Waals surface area (Å²) in [7, 11) is 0. The Morgan fingerprint density at radius 2 is 1.89 bits per heavy atom. The topological polar surface area (TPSA) is 12.0 Å². The third-order valence-corrected chi connectivity index (χ3v) is 4.64. The summed E-state index contributed by atoms with van der Waals surface area (Å²) in [5, 5.41) is 3.75. The molecule has 2 atom stereocenters. The molecule has 0 saturated heterocycles. The van der Waals surface area contributed by atoms with Gasteiger partial charge < -0.3 is 5.32 Å². The van der Waals surface area contributed by atoms with Crippen molar-refractivity contribution in [2.45, 2.75) is 25.3 Å². The predicted octanol–water partition coefficient (Wildman–Crippen LogP) is 3.92. The quantitative estimate of drug-likeness (QED) is 0.795. The number of rotatable bonds is 1. The van der Waals surface area contributed by atoms with Gasteiger partial charge >= 0.3 is 0 Å².